The molecule has 2 aromatic rings. The molecule has 0 unspecified atom stereocenters. The smallest absolute Gasteiger partial charge is 0.305 e. The van der Waals surface area contributed by atoms with E-state index >= 15 is 0 Å². The molecule has 0 fully saturated rings. The van der Waals surface area contributed by atoms with Crippen LogP contribution in [0.2, 0.25) is 0 Å². The van der Waals surface area contributed by atoms with Crippen molar-refractivity contribution in [3.8, 4) is 0 Å². The van der Waals surface area contributed by atoms with Crippen LogP contribution in [0.4, 0.5) is 0 Å². The molecule has 108 valence electrons. The summed E-state index contributed by atoms with van der Waals surface area (Å²) < 4.78 is 32.7. The number of hydrogen-bond acceptors (Lipinski definition) is 4. The van der Waals surface area contributed by atoms with Gasteiger partial charge in [-0.05, 0) is 18.1 Å². The van der Waals surface area contributed by atoms with Gasteiger partial charge in [0.1, 0.15) is 4.90 Å². The minimum Gasteiger partial charge on any atom is -0.305 e. The van der Waals surface area contributed by atoms with Crippen LogP contribution in [0.1, 0.15) is 13.8 Å². The zero-order valence-electron chi connectivity index (χ0n) is 11.0. The van der Waals surface area contributed by atoms with Crippen LogP contribution in [0.25, 0.3) is 10.9 Å². The van der Waals surface area contributed by atoms with Gasteiger partial charge in [0.25, 0.3) is 15.7 Å². The minimum absolute atomic E-state index is 0.0420. The lowest BCUT2D eigenvalue weighted by Gasteiger charge is -2.09. The van der Waals surface area contributed by atoms with Crippen molar-refractivity contribution in [3.05, 3.63) is 39.0 Å². The number of para-hydroxylation sites is 1. The molecule has 0 radical (unpaired) electrons. The van der Waals surface area contributed by atoms with Crippen molar-refractivity contribution in [3.63, 3.8) is 0 Å². The van der Waals surface area contributed by atoms with Gasteiger partial charge in [-0.25, -0.2) is 4.79 Å². The zero-order chi connectivity index (χ0) is 15.1. The Morgan fingerprint density at radius 1 is 1.30 bits per heavy atom. The van der Waals surface area contributed by atoms with Crippen molar-refractivity contribution in [1.82, 2.24) is 9.55 Å². The van der Waals surface area contributed by atoms with Crippen molar-refractivity contribution in [2.45, 2.75) is 25.3 Å². The van der Waals surface area contributed by atoms with Gasteiger partial charge in [-0.2, -0.15) is 8.42 Å². The fraction of sp³-hybridized carbons (Fsp3) is 0.333. The van der Waals surface area contributed by atoms with Gasteiger partial charge < -0.3 is 4.98 Å². The maximum Gasteiger partial charge on any atom is 0.328 e. The molecule has 1 aromatic carbocycles. The van der Waals surface area contributed by atoms with E-state index in [0.717, 1.165) is 10.6 Å². The van der Waals surface area contributed by atoms with Crippen molar-refractivity contribution in [2.24, 2.45) is 5.92 Å². The third-order valence-electron chi connectivity index (χ3n) is 2.80. The van der Waals surface area contributed by atoms with Crippen molar-refractivity contribution >= 4 is 21.0 Å². The van der Waals surface area contributed by atoms with E-state index in [1.807, 2.05) is 13.8 Å². The molecule has 1 aromatic heterocycles. The van der Waals surface area contributed by atoms with Gasteiger partial charge in [0.05, 0.1) is 10.9 Å². The summed E-state index contributed by atoms with van der Waals surface area (Å²) in [6.07, 6.45) is 0. The first-order valence-corrected chi connectivity index (χ1v) is 7.39. The number of nitrogens with one attached hydrogen (secondary N) is 1. The highest BCUT2D eigenvalue weighted by molar-refractivity contribution is 7.86. The second-order valence-corrected chi connectivity index (χ2v) is 6.28. The quantitative estimate of drug-likeness (QED) is 0.806. The van der Waals surface area contributed by atoms with Crippen LogP contribution >= 0.6 is 0 Å². The molecule has 20 heavy (non-hydrogen) atoms. The summed E-state index contributed by atoms with van der Waals surface area (Å²) >= 11 is 0. The molecular weight excluding hydrogens is 284 g/mol. The Bertz CT molecular complexity index is 877. The molecule has 0 aliphatic carbocycles. The van der Waals surface area contributed by atoms with Crippen LogP contribution in [-0.2, 0) is 16.7 Å². The highest BCUT2D eigenvalue weighted by Crippen LogP contribution is 2.17. The first kappa shape index (κ1) is 14.5. The Hall–Kier alpha value is -1.93. The minimum atomic E-state index is -4.52. The normalized spacial score (nSPS) is 12.2. The Balaban J connectivity index is 2.91. The van der Waals surface area contributed by atoms with Gasteiger partial charge in [-0.1, -0.05) is 19.9 Å². The summed E-state index contributed by atoms with van der Waals surface area (Å²) in [7, 11) is -4.52. The first-order chi connectivity index (χ1) is 9.21. The average Bonchev–Trinajstić information content (AvgIpc) is 2.32. The van der Waals surface area contributed by atoms with Crippen molar-refractivity contribution in [1.29, 1.82) is 0 Å². The van der Waals surface area contributed by atoms with E-state index in [4.69, 9.17) is 4.55 Å². The Labute approximate surface area is 114 Å². The highest BCUT2D eigenvalue weighted by Gasteiger charge is 2.18. The number of fused-ring (bicyclic) bond motifs is 1. The monoisotopic (exact) mass is 298 g/mol. The molecule has 2 rings (SSSR count). The summed E-state index contributed by atoms with van der Waals surface area (Å²) in [4.78, 5) is 26.0. The SMILES string of the molecule is CC(C)Cn1c(=O)[nH]c2c(S(=O)(=O)O)cccc2c1=O. The highest BCUT2D eigenvalue weighted by atomic mass is 32.2. The Morgan fingerprint density at radius 3 is 2.50 bits per heavy atom. The second kappa shape index (κ2) is 4.88. The molecule has 0 bridgehead atoms. The molecule has 0 saturated carbocycles. The van der Waals surface area contributed by atoms with E-state index in [1.54, 1.807) is 0 Å². The molecular formula is C12H14N2O5S. The number of nitrogens with zero attached hydrogens (tertiary/aromatic N) is 1. The summed E-state index contributed by atoms with van der Waals surface area (Å²) in [6, 6.07) is 3.86. The molecule has 1 heterocycles. The molecule has 0 atom stereocenters. The predicted octanol–water partition coefficient (Wildman–Crippen LogP) is 0.592. The third-order valence-corrected chi connectivity index (χ3v) is 3.70. The summed E-state index contributed by atoms with van der Waals surface area (Å²) in [5.41, 5.74) is -1.46. The molecule has 0 saturated heterocycles. The summed E-state index contributed by atoms with van der Waals surface area (Å²) in [5, 5.41) is 0.0420. The van der Waals surface area contributed by atoms with E-state index in [0.29, 0.717) is 0 Å². The van der Waals surface area contributed by atoms with Crippen molar-refractivity contribution in [2.75, 3.05) is 0 Å². The van der Waals surface area contributed by atoms with E-state index in [9.17, 15) is 18.0 Å². The molecule has 7 nitrogen and oxygen atoms in total. The number of aromatic nitrogens is 2. The van der Waals surface area contributed by atoms with Crippen LogP contribution in [0.3, 0.4) is 0 Å². The Morgan fingerprint density at radius 2 is 1.95 bits per heavy atom. The molecule has 0 spiro atoms. The number of aromatic amines is 1. The lowest BCUT2D eigenvalue weighted by Crippen LogP contribution is -2.36. The number of benzene rings is 1. The maximum absolute atomic E-state index is 12.2. The largest absolute Gasteiger partial charge is 0.328 e. The number of H-pyrrole nitrogens is 1. The van der Waals surface area contributed by atoms with Crippen molar-refractivity contribution < 1.29 is 13.0 Å². The maximum atomic E-state index is 12.2. The summed E-state index contributed by atoms with van der Waals surface area (Å²) in [5.74, 6) is 0.0796. The molecule has 8 heteroatoms. The fourth-order valence-corrected chi connectivity index (χ4v) is 2.67. The molecule has 0 amide bonds. The van der Waals surface area contributed by atoms with Crippen LogP contribution < -0.4 is 11.2 Å². The lowest BCUT2D eigenvalue weighted by atomic mass is 10.2. The summed E-state index contributed by atoms with van der Waals surface area (Å²) in [6.45, 7) is 3.93. The fourth-order valence-electron chi connectivity index (χ4n) is 2.00. The van der Waals surface area contributed by atoms with Gasteiger partial charge in [0.15, 0.2) is 0 Å². The number of hydrogen-bond donors (Lipinski definition) is 2. The first-order valence-electron chi connectivity index (χ1n) is 5.95. The van der Waals surface area contributed by atoms with Gasteiger partial charge in [-0.3, -0.25) is 13.9 Å². The van der Waals surface area contributed by atoms with E-state index in [1.165, 1.54) is 12.1 Å². The molecule has 2 N–H and O–H groups in total. The third kappa shape index (κ3) is 2.52. The Kier molecular flexibility index (Phi) is 3.53. The van der Waals surface area contributed by atoms with Gasteiger partial charge in [-0.15, -0.1) is 0 Å². The van der Waals surface area contributed by atoms with Crippen LogP contribution in [0.15, 0.2) is 32.7 Å². The van der Waals surface area contributed by atoms with Crippen LogP contribution in [0, 0.1) is 5.92 Å². The van der Waals surface area contributed by atoms with Gasteiger partial charge in [0, 0.05) is 6.54 Å². The van der Waals surface area contributed by atoms with Gasteiger partial charge >= 0.3 is 5.69 Å². The standard InChI is InChI=1S/C12H14N2O5S/c1-7(2)6-14-11(15)8-4-3-5-9(20(17,18)19)10(8)13-12(14)16/h3-5,7H,6H2,1-2H3,(H,13,16)(H,17,18,19). The molecule has 0 aliphatic heterocycles. The second-order valence-electron chi connectivity index (χ2n) is 4.89. The zero-order valence-corrected chi connectivity index (χ0v) is 11.8. The average molecular weight is 298 g/mol. The molecule has 0 aliphatic rings. The predicted molar refractivity (Wildman–Crippen MR) is 73.5 cm³/mol. The number of rotatable bonds is 3. The van der Waals surface area contributed by atoms with Gasteiger partial charge in [0.2, 0.25) is 0 Å². The van der Waals surface area contributed by atoms with Crippen LogP contribution in [0.5, 0.6) is 0 Å². The van der Waals surface area contributed by atoms with E-state index < -0.39 is 26.3 Å². The topological polar surface area (TPSA) is 109 Å². The van der Waals surface area contributed by atoms with E-state index in [-0.39, 0.29) is 23.4 Å². The van der Waals surface area contributed by atoms with Crippen LogP contribution in [-0.4, -0.2) is 22.5 Å². The lowest BCUT2D eigenvalue weighted by molar-refractivity contribution is 0.483. The van der Waals surface area contributed by atoms with E-state index in [2.05, 4.69) is 4.98 Å².